The first-order valence-electron chi connectivity index (χ1n) is 6.85. The molecule has 4 nitrogen and oxygen atoms in total. The summed E-state index contributed by atoms with van der Waals surface area (Å²) in [7, 11) is 0. The van der Waals surface area contributed by atoms with Crippen LogP contribution in [0.15, 0.2) is 47.2 Å². The van der Waals surface area contributed by atoms with Crippen molar-refractivity contribution in [1.82, 2.24) is 10.2 Å². The molecule has 1 aliphatic rings. The molecule has 1 aromatic heterocycles. The Morgan fingerprint density at radius 3 is 2.67 bits per heavy atom. The fraction of sp³-hybridized carbons (Fsp3) is 0.250. The number of nitrogens with one attached hydrogen (secondary N) is 1. The van der Waals surface area contributed by atoms with Gasteiger partial charge >= 0.3 is 0 Å². The van der Waals surface area contributed by atoms with E-state index in [1.54, 1.807) is 16.2 Å². The number of benzene rings is 1. The third kappa shape index (κ3) is 3.31. The Balaban J connectivity index is 1.72. The van der Waals surface area contributed by atoms with Gasteiger partial charge in [0.15, 0.2) is 0 Å². The molecule has 1 N–H and O–H groups in total. The topological polar surface area (TPSA) is 49.4 Å². The molecule has 21 heavy (non-hydrogen) atoms. The van der Waals surface area contributed by atoms with Gasteiger partial charge in [-0.3, -0.25) is 9.59 Å². The van der Waals surface area contributed by atoms with E-state index in [4.69, 9.17) is 0 Å². The standard InChI is InChI=1S/C16H16N2O2S/c19-15-10-18(9-13-6-7-21-11-13)16(20)14(17-15)8-12-4-2-1-3-5-12/h1-7,11,14H,8-10H2,(H,17,19). The number of rotatable bonds is 4. The SMILES string of the molecule is O=C1CN(Cc2ccsc2)C(=O)C(Cc2ccccc2)N1. The smallest absolute Gasteiger partial charge is 0.246 e. The molecule has 1 saturated heterocycles. The molecule has 2 heterocycles. The largest absolute Gasteiger partial charge is 0.342 e. The quantitative estimate of drug-likeness (QED) is 0.936. The summed E-state index contributed by atoms with van der Waals surface area (Å²) in [6.07, 6.45) is 0.533. The van der Waals surface area contributed by atoms with Crippen LogP contribution in [-0.2, 0) is 22.6 Å². The van der Waals surface area contributed by atoms with Crippen molar-refractivity contribution in [2.24, 2.45) is 0 Å². The summed E-state index contributed by atoms with van der Waals surface area (Å²) >= 11 is 1.60. The van der Waals surface area contributed by atoms with E-state index in [2.05, 4.69) is 5.32 Å². The second-order valence-electron chi connectivity index (χ2n) is 5.14. The Bertz CT molecular complexity index is 625. The highest BCUT2D eigenvalue weighted by atomic mass is 32.1. The Morgan fingerprint density at radius 2 is 1.95 bits per heavy atom. The summed E-state index contributed by atoms with van der Waals surface area (Å²) in [5, 5.41) is 6.78. The molecule has 0 spiro atoms. The fourth-order valence-corrected chi connectivity index (χ4v) is 3.16. The second-order valence-corrected chi connectivity index (χ2v) is 5.92. The van der Waals surface area contributed by atoms with Gasteiger partial charge in [0, 0.05) is 13.0 Å². The molecule has 0 bridgehead atoms. The van der Waals surface area contributed by atoms with Crippen molar-refractivity contribution in [3.05, 3.63) is 58.3 Å². The van der Waals surface area contributed by atoms with Crippen molar-refractivity contribution in [3.63, 3.8) is 0 Å². The summed E-state index contributed by atoms with van der Waals surface area (Å²) in [4.78, 5) is 26.0. The Labute approximate surface area is 127 Å². The lowest BCUT2D eigenvalue weighted by molar-refractivity contribution is -0.144. The van der Waals surface area contributed by atoms with Crippen LogP contribution >= 0.6 is 11.3 Å². The molecule has 0 saturated carbocycles. The predicted octanol–water partition coefficient (Wildman–Crippen LogP) is 1.82. The van der Waals surface area contributed by atoms with Crippen LogP contribution in [0.5, 0.6) is 0 Å². The third-order valence-corrected chi connectivity index (χ3v) is 4.25. The van der Waals surface area contributed by atoms with Gasteiger partial charge in [-0.25, -0.2) is 0 Å². The number of hydrogen-bond donors (Lipinski definition) is 1. The molecule has 1 unspecified atom stereocenters. The van der Waals surface area contributed by atoms with Gasteiger partial charge in [-0.15, -0.1) is 0 Å². The molecular weight excluding hydrogens is 284 g/mol. The van der Waals surface area contributed by atoms with Crippen LogP contribution < -0.4 is 5.32 Å². The van der Waals surface area contributed by atoms with Crippen molar-refractivity contribution in [1.29, 1.82) is 0 Å². The van der Waals surface area contributed by atoms with Crippen molar-refractivity contribution in [2.45, 2.75) is 19.0 Å². The van der Waals surface area contributed by atoms with Crippen LogP contribution in [0.4, 0.5) is 0 Å². The predicted molar refractivity (Wildman–Crippen MR) is 81.8 cm³/mol. The lowest BCUT2D eigenvalue weighted by atomic mass is 10.0. The summed E-state index contributed by atoms with van der Waals surface area (Å²) in [5.74, 6) is -0.101. The van der Waals surface area contributed by atoms with Gasteiger partial charge in [0.25, 0.3) is 0 Å². The van der Waals surface area contributed by atoms with Crippen molar-refractivity contribution < 1.29 is 9.59 Å². The summed E-state index contributed by atoms with van der Waals surface area (Å²) in [6.45, 7) is 0.640. The minimum Gasteiger partial charge on any atom is -0.342 e. The zero-order chi connectivity index (χ0) is 14.7. The van der Waals surface area contributed by atoms with Crippen LogP contribution in [0.3, 0.4) is 0 Å². The lowest BCUT2D eigenvalue weighted by Gasteiger charge is -2.32. The van der Waals surface area contributed by atoms with Gasteiger partial charge in [0.05, 0.1) is 6.54 Å². The zero-order valence-corrected chi connectivity index (χ0v) is 12.3. The number of piperazine rings is 1. The maximum Gasteiger partial charge on any atom is 0.246 e. The summed E-state index contributed by atoms with van der Waals surface area (Å²) in [6, 6.07) is 11.3. The van der Waals surface area contributed by atoms with E-state index in [0.717, 1.165) is 11.1 Å². The highest BCUT2D eigenvalue weighted by molar-refractivity contribution is 7.07. The first-order valence-corrected chi connectivity index (χ1v) is 7.80. The van der Waals surface area contributed by atoms with Crippen molar-refractivity contribution >= 4 is 23.2 Å². The van der Waals surface area contributed by atoms with E-state index in [1.807, 2.05) is 47.2 Å². The maximum absolute atomic E-state index is 12.5. The van der Waals surface area contributed by atoms with Crippen molar-refractivity contribution in [2.75, 3.05) is 6.54 Å². The van der Waals surface area contributed by atoms with Crippen molar-refractivity contribution in [3.8, 4) is 0 Å². The molecule has 3 rings (SSSR count). The Morgan fingerprint density at radius 1 is 1.14 bits per heavy atom. The van der Waals surface area contributed by atoms with Gasteiger partial charge in [-0.1, -0.05) is 30.3 Å². The Kier molecular flexibility index (Phi) is 4.01. The number of nitrogens with zero attached hydrogens (tertiary/aromatic N) is 1. The molecule has 0 aliphatic carbocycles. The number of carbonyl (C=O) groups excluding carboxylic acids is 2. The highest BCUT2D eigenvalue weighted by Crippen LogP contribution is 2.14. The van der Waals surface area contributed by atoms with Gasteiger partial charge in [-0.2, -0.15) is 11.3 Å². The number of hydrogen-bond acceptors (Lipinski definition) is 3. The molecule has 1 atom stereocenters. The average molecular weight is 300 g/mol. The van der Waals surface area contributed by atoms with Crippen LogP contribution in [-0.4, -0.2) is 29.3 Å². The first-order chi connectivity index (χ1) is 10.2. The molecule has 2 amide bonds. The zero-order valence-electron chi connectivity index (χ0n) is 11.5. The van der Waals surface area contributed by atoms with Crippen LogP contribution in [0.1, 0.15) is 11.1 Å². The summed E-state index contributed by atoms with van der Waals surface area (Å²) in [5.41, 5.74) is 2.12. The molecule has 5 heteroatoms. The molecule has 1 fully saturated rings. The normalized spacial score (nSPS) is 18.7. The molecule has 0 radical (unpaired) electrons. The molecule has 1 aromatic carbocycles. The number of carbonyl (C=O) groups is 2. The molecule has 108 valence electrons. The van der Waals surface area contributed by atoms with E-state index in [9.17, 15) is 9.59 Å². The maximum atomic E-state index is 12.5. The first kappa shape index (κ1) is 13.8. The van der Waals surface area contributed by atoms with Gasteiger partial charge in [0.2, 0.25) is 11.8 Å². The third-order valence-electron chi connectivity index (χ3n) is 3.52. The van der Waals surface area contributed by atoms with E-state index < -0.39 is 6.04 Å². The molecule has 1 aliphatic heterocycles. The van der Waals surface area contributed by atoms with E-state index >= 15 is 0 Å². The van der Waals surface area contributed by atoms with Crippen LogP contribution in [0.25, 0.3) is 0 Å². The second kappa shape index (κ2) is 6.10. The molecular formula is C16H16N2O2S. The summed E-state index contributed by atoms with van der Waals surface area (Å²) < 4.78 is 0. The van der Waals surface area contributed by atoms with E-state index in [1.165, 1.54) is 0 Å². The molecule has 2 aromatic rings. The number of amides is 2. The highest BCUT2D eigenvalue weighted by Gasteiger charge is 2.32. The van der Waals surface area contributed by atoms with E-state index in [-0.39, 0.29) is 18.4 Å². The monoisotopic (exact) mass is 300 g/mol. The van der Waals surface area contributed by atoms with Crippen LogP contribution in [0, 0.1) is 0 Å². The Hall–Kier alpha value is -2.14. The van der Waals surface area contributed by atoms with Gasteiger partial charge in [0.1, 0.15) is 6.04 Å². The average Bonchev–Trinajstić information content (AvgIpc) is 2.98. The van der Waals surface area contributed by atoms with Gasteiger partial charge in [-0.05, 0) is 28.0 Å². The van der Waals surface area contributed by atoms with Crippen LogP contribution in [0.2, 0.25) is 0 Å². The number of thiophene rings is 1. The minimum atomic E-state index is -0.465. The van der Waals surface area contributed by atoms with E-state index in [0.29, 0.717) is 13.0 Å². The lowest BCUT2D eigenvalue weighted by Crippen LogP contribution is -2.58. The fourth-order valence-electron chi connectivity index (χ4n) is 2.50. The minimum absolute atomic E-state index is 0.00958. The van der Waals surface area contributed by atoms with Gasteiger partial charge < -0.3 is 10.2 Å².